The molecule has 1 aromatic carbocycles. The molecule has 0 aliphatic rings. The fraction of sp³-hybridized carbons (Fsp3) is 0.238. The van der Waals surface area contributed by atoms with Gasteiger partial charge in [-0.1, -0.05) is 6.07 Å². The maximum Gasteiger partial charge on any atom is 0.264 e. The van der Waals surface area contributed by atoms with Crippen LogP contribution in [-0.2, 0) is 6.54 Å². The van der Waals surface area contributed by atoms with Gasteiger partial charge in [-0.05, 0) is 57.0 Å². The summed E-state index contributed by atoms with van der Waals surface area (Å²) in [6.07, 6.45) is 2.95. The van der Waals surface area contributed by atoms with Gasteiger partial charge < -0.3 is 0 Å². The van der Waals surface area contributed by atoms with Crippen LogP contribution in [0.1, 0.15) is 31.2 Å². The highest BCUT2D eigenvalue weighted by Crippen LogP contribution is 2.21. The summed E-state index contributed by atoms with van der Waals surface area (Å²) in [7, 11) is 0. The third kappa shape index (κ3) is 3.18. The number of carbonyl (C=O) groups excluding carboxylic acids is 1. The molecule has 3 aromatic heterocycles. The summed E-state index contributed by atoms with van der Waals surface area (Å²) in [5.74, 6) is -0.0909. The van der Waals surface area contributed by atoms with E-state index in [1.165, 1.54) is 17.1 Å². The summed E-state index contributed by atoms with van der Waals surface area (Å²) in [5, 5.41) is 4.76. The monoisotopic (exact) mass is 392 g/mol. The number of fused-ring (bicyclic) bond motifs is 1. The molecule has 0 N–H and O–H groups in total. The fourth-order valence-electron chi connectivity index (χ4n) is 3.47. The van der Waals surface area contributed by atoms with Crippen LogP contribution in [-0.4, -0.2) is 25.1 Å². The SMILES string of the molecule is Cc1cc(C)cc(-n2ncc3c(=O)n(CC(=O)c4cc(C)sc4C)cnc32)c1. The zero-order chi connectivity index (χ0) is 20.0. The maximum absolute atomic E-state index is 12.9. The van der Waals surface area contributed by atoms with Gasteiger partial charge in [0, 0.05) is 15.3 Å². The van der Waals surface area contributed by atoms with Crippen molar-refractivity contribution in [1.29, 1.82) is 0 Å². The van der Waals surface area contributed by atoms with E-state index in [0.29, 0.717) is 16.6 Å². The van der Waals surface area contributed by atoms with Crippen LogP contribution in [0.15, 0.2) is 41.6 Å². The van der Waals surface area contributed by atoms with Gasteiger partial charge in [0.05, 0.1) is 18.4 Å². The highest BCUT2D eigenvalue weighted by molar-refractivity contribution is 7.12. The highest BCUT2D eigenvalue weighted by Gasteiger charge is 2.16. The molecule has 6 nitrogen and oxygen atoms in total. The summed E-state index contributed by atoms with van der Waals surface area (Å²) in [5.41, 5.74) is 3.97. The topological polar surface area (TPSA) is 69.8 Å². The molecule has 4 rings (SSSR count). The van der Waals surface area contributed by atoms with Gasteiger partial charge in [-0.15, -0.1) is 11.3 Å². The van der Waals surface area contributed by atoms with Crippen molar-refractivity contribution in [2.24, 2.45) is 0 Å². The average Bonchev–Trinajstić information content (AvgIpc) is 3.19. The van der Waals surface area contributed by atoms with Crippen molar-refractivity contribution >= 4 is 28.2 Å². The van der Waals surface area contributed by atoms with E-state index in [0.717, 1.165) is 26.6 Å². The van der Waals surface area contributed by atoms with E-state index in [2.05, 4.69) is 16.1 Å². The van der Waals surface area contributed by atoms with Crippen LogP contribution in [0, 0.1) is 27.7 Å². The number of carbonyl (C=O) groups is 1. The van der Waals surface area contributed by atoms with Gasteiger partial charge in [0.15, 0.2) is 11.4 Å². The minimum absolute atomic E-state index is 0.0342. The van der Waals surface area contributed by atoms with Gasteiger partial charge in [-0.25, -0.2) is 9.67 Å². The Bertz CT molecular complexity index is 1260. The van der Waals surface area contributed by atoms with Crippen molar-refractivity contribution in [3.8, 4) is 5.69 Å². The molecule has 0 saturated heterocycles. The third-order valence-electron chi connectivity index (χ3n) is 4.66. The Kier molecular flexibility index (Phi) is 4.47. The second-order valence-electron chi connectivity index (χ2n) is 7.07. The van der Waals surface area contributed by atoms with Crippen LogP contribution in [0.3, 0.4) is 0 Å². The lowest BCUT2D eigenvalue weighted by molar-refractivity contribution is 0.0970. The Morgan fingerprint density at radius 3 is 2.43 bits per heavy atom. The highest BCUT2D eigenvalue weighted by atomic mass is 32.1. The van der Waals surface area contributed by atoms with Crippen LogP contribution < -0.4 is 5.56 Å². The number of ketones is 1. The van der Waals surface area contributed by atoms with Crippen molar-refractivity contribution in [3.63, 3.8) is 0 Å². The number of benzene rings is 1. The number of aryl methyl sites for hydroxylation is 4. The molecule has 0 radical (unpaired) electrons. The maximum atomic E-state index is 12.9. The molecule has 0 aliphatic carbocycles. The average molecular weight is 392 g/mol. The van der Waals surface area contributed by atoms with Crippen LogP contribution in [0.4, 0.5) is 0 Å². The molecule has 7 heteroatoms. The van der Waals surface area contributed by atoms with Gasteiger partial charge in [-0.2, -0.15) is 5.10 Å². The van der Waals surface area contributed by atoms with Crippen molar-refractivity contribution < 1.29 is 4.79 Å². The van der Waals surface area contributed by atoms with Crippen LogP contribution in [0.5, 0.6) is 0 Å². The number of rotatable bonds is 4. The molecule has 0 amide bonds. The van der Waals surface area contributed by atoms with Crippen molar-refractivity contribution in [3.05, 3.63) is 73.6 Å². The van der Waals surface area contributed by atoms with Crippen molar-refractivity contribution in [2.75, 3.05) is 0 Å². The summed E-state index contributed by atoms with van der Waals surface area (Å²) in [4.78, 5) is 32.0. The number of aromatic nitrogens is 4. The first kappa shape index (κ1) is 18.3. The summed E-state index contributed by atoms with van der Waals surface area (Å²) in [6.45, 7) is 7.89. The van der Waals surface area contributed by atoms with Gasteiger partial charge in [0.1, 0.15) is 11.7 Å². The van der Waals surface area contributed by atoms with E-state index < -0.39 is 0 Å². The predicted octanol–water partition coefficient (Wildman–Crippen LogP) is 3.76. The lowest BCUT2D eigenvalue weighted by atomic mass is 10.1. The summed E-state index contributed by atoms with van der Waals surface area (Å²) in [6, 6.07) is 7.95. The van der Waals surface area contributed by atoms with Crippen molar-refractivity contribution in [1.82, 2.24) is 19.3 Å². The zero-order valence-corrected chi connectivity index (χ0v) is 17.0. The molecule has 3 heterocycles. The lowest BCUT2D eigenvalue weighted by Crippen LogP contribution is -2.24. The van der Waals surface area contributed by atoms with Gasteiger partial charge >= 0.3 is 0 Å². The molecule has 0 aliphatic heterocycles. The van der Waals surface area contributed by atoms with Crippen LogP contribution >= 0.6 is 11.3 Å². The molecule has 142 valence electrons. The Hall–Kier alpha value is -3.06. The molecule has 0 bridgehead atoms. The Morgan fingerprint density at radius 1 is 1.07 bits per heavy atom. The minimum Gasteiger partial charge on any atom is -0.292 e. The molecule has 0 fully saturated rings. The normalized spacial score (nSPS) is 11.3. The second kappa shape index (κ2) is 6.83. The molecular weight excluding hydrogens is 372 g/mol. The summed E-state index contributed by atoms with van der Waals surface area (Å²) >= 11 is 1.58. The van der Waals surface area contributed by atoms with E-state index in [9.17, 15) is 9.59 Å². The van der Waals surface area contributed by atoms with Gasteiger partial charge in [0.2, 0.25) is 0 Å². The number of hydrogen-bond acceptors (Lipinski definition) is 5. The Morgan fingerprint density at radius 2 is 1.79 bits per heavy atom. The number of thiophene rings is 1. The zero-order valence-electron chi connectivity index (χ0n) is 16.2. The number of hydrogen-bond donors (Lipinski definition) is 0. The first-order valence-corrected chi connectivity index (χ1v) is 9.77. The van der Waals surface area contributed by atoms with Crippen molar-refractivity contribution in [2.45, 2.75) is 34.2 Å². The molecule has 0 saturated carbocycles. The third-order valence-corrected chi connectivity index (χ3v) is 5.63. The largest absolute Gasteiger partial charge is 0.292 e. The van der Waals surface area contributed by atoms with Gasteiger partial charge in [0.25, 0.3) is 5.56 Å². The molecule has 4 aromatic rings. The quantitative estimate of drug-likeness (QED) is 0.496. The predicted molar refractivity (Wildman–Crippen MR) is 111 cm³/mol. The Labute approximate surface area is 166 Å². The van der Waals surface area contributed by atoms with E-state index in [-0.39, 0.29) is 17.9 Å². The molecular formula is C21H20N4O2S. The van der Waals surface area contributed by atoms with E-state index in [1.54, 1.807) is 16.0 Å². The first-order chi connectivity index (χ1) is 13.3. The van der Waals surface area contributed by atoms with Crippen LogP contribution in [0.25, 0.3) is 16.7 Å². The first-order valence-electron chi connectivity index (χ1n) is 8.95. The molecule has 0 atom stereocenters. The summed E-state index contributed by atoms with van der Waals surface area (Å²) < 4.78 is 3.01. The molecule has 0 spiro atoms. The van der Waals surface area contributed by atoms with E-state index >= 15 is 0 Å². The number of Topliss-reactive ketones (excluding diaryl/α,β-unsaturated/α-hetero) is 1. The van der Waals surface area contributed by atoms with E-state index in [1.807, 2.05) is 45.9 Å². The standard InChI is InChI=1S/C21H20N4O2S/c1-12-5-13(2)7-16(6-12)25-20-18(9-23-25)21(27)24(11-22-20)10-19(26)17-8-14(3)28-15(17)4/h5-9,11H,10H2,1-4H3. The van der Waals surface area contributed by atoms with Gasteiger partial charge in [-0.3, -0.25) is 14.2 Å². The molecule has 0 unspecified atom stereocenters. The lowest BCUT2D eigenvalue weighted by Gasteiger charge is -2.07. The molecule has 28 heavy (non-hydrogen) atoms. The Balaban J connectivity index is 1.73. The minimum atomic E-state index is -0.265. The smallest absolute Gasteiger partial charge is 0.264 e. The second-order valence-corrected chi connectivity index (χ2v) is 8.53. The fourth-order valence-corrected chi connectivity index (χ4v) is 4.41. The van der Waals surface area contributed by atoms with E-state index in [4.69, 9.17) is 0 Å². The number of nitrogens with zero attached hydrogens (tertiary/aromatic N) is 4. The van der Waals surface area contributed by atoms with Crippen LogP contribution in [0.2, 0.25) is 0 Å².